The molecule has 0 amide bonds. The maximum absolute atomic E-state index is 14.9. The summed E-state index contributed by atoms with van der Waals surface area (Å²) in [5.74, 6) is -2.55. The van der Waals surface area contributed by atoms with Crippen molar-refractivity contribution >= 4 is 0 Å². The lowest BCUT2D eigenvalue weighted by atomic mass is 9.77. The standard InChI is InChI=1S/C26H35F5O3/c1-3-5-6-7-19-12-13-20(16-33-19)34-26(30,31)18-10-8-17(9-11-18)21-14-15-22(32-4-2)23(24(21)27)25(28)29/h3,5,14-15,17-20,25H,4,6-13,16H2,1-2H3/b5-3+. The maximum atomic E-state index is 14.9. The Morgan fingerprint density at radius 2 is 1.85 bits per heavy atom. The van der Waals surface area contributed by atoms with E-state index in [1.807, 2.05) is 13.0 Å². The quantitative estimate of drug-likeness (QED) is 0.246. The molecule has 1 saturated carbocycles. The number of alkyl halides is 4. The van der Waals surface area contributed by atoms with Crippen LogP contribution in [0, 0.1) is 11.7 Å². The second kappa shape index (κ2) is 12.3. The zero-order valence-corrected chi connectivity index (χ0v) is 19.9. The summed E-state index contributed by atoms with van der Waals surface area (Å²) in [6.45, 7) is 3.88. The van der Waals surface area contributed by atoms with Crippen molar-refractivity contribution in [3.63, 3.8) is 0 Å². The van der Waals surface area contributed by atoms with Gasteiger partial charge < -0.3 is 14.2 Å². The van der Waals surface area contributed by atoms with Gasteiger partial charge in [-0.15, -0.1) is 0 Å². The first-order valence-electron chi connectivity index (χ1n) is 12.3. The summed E-state index contributed by atoms with van der Waals surface area (Å²) in [5.41, 5.74) is -0.609. The van der Waals surface area contributed by atoms with E-state index in [4.69, 9.17) is 14.2 Å². The summed E-state index contributed by atoms with van der Waals surface area (Å²) in [7, 11) is 0. The summed E-state index contributed by atoms with van der Waals surface area (Å²) in [4.78, 5) is 0. The van der Waals surface area contributed by atoms with Crippen LogP contribution < -0.4 is 4.74 Å². The lowest BCUT2D eigenvalue weighted by Crippen LogP contribution is -2.41. The van der Waals surface area contributed by atoms with Crippen LogP contribution in [0.1, 0.15) is 88.7 Å². The summed E-state index contributed by atoms with van der Waals surface area (Å²) < 4.78 is 87.6. The molecule has 8 heteroatoms. The van der Waals surface area contributed by atoms with Gasteiger partial charge in [0.15, 0.2) is 0 Å². The molecule has 1 saturated heterocycles. The lowest BCUT2D eigenvalue weighted by molar-refractivity contribution is -0.309. The van der Waals surface area contributed by atoms with Gasteiger partial charge in [0.25, 0.3) is 6.43 Å². The Labute approximate surface area is 198 Å². The second-order valence-corrected chi connectivity index (χ2v) is 9.14. The molecule has 1 aromatic rings. The molecular formula is C26H35F5O3. The molecule has 3 rings (SSSR count). The molecule has 0 N–H and O–H groups in total. The van der Waals surface area contributed by atoms with Gasteiger partial charge in [0.2, 0.25) is 0 Å². The van der Waals surface area contributed by atoms with Crippen molar-refractivity contribution in [1.82, 2.24) is 0 Å². The Bertz CT molecular complexity index is 798. The Morgan fingerprint density at radius 1 is 1.12 bits per heavy atom. The van der Waals surface area contributed by atoms with E-state index in [0.717, 1.165) is 12.8 Å². The third-order valence-corrected chi connectivity index (χ3v) is 6.87. The van der Waals surface area contributed by atoms with Crippen LogP contribution >= 0.6 is 0 Å². The minimum absolute atomic E-state index is 0.0715. The first kappa shape index (κ1) is 26.9. The van der Waals surface area contributed by atoms with E-state index >= 15 is 0 Å². The van der Waals surface area contributed by atoms with Crippen LogP contribution in [0.25, 0.3) is 0 Å². The van der Waals surface area contributed by atoms with Crippen molar-refractivity contribution in [2.75, 3.05) is 13.2 Å². The number of halogens is 5. The Kier molecular flexibility index (Phi) is 9.77. The van der Waals surface area contributed by atoms with E-state index in [0.29, 0.717) is 12.8 Å². The molecule has 0 aromatic heterocycles. The average Bonchev–Trinajstić information content (AvgIpc) is 2.80. The topological polar surface area (TPSA) is 27.7 Å². The van der Waals surface area contributed by atoms with Gasteiger partial charge in [-0.25, -0.2) is 13.2 Å². The number of rotatable bonds is 10. The van der Waals surface area contributed by atoms with E-state index in [9.17, 15) is 22.0 Å². The smallest absolute Gasteiger partial charge is 0.358 e. The van der Waals surface area contributed by atoms with Gasteiger partial charge in [0.1, 0.15) is 11.6 Å². The number of hydrogen-bond donors (Lipinski definition) is 0. The summed E-state index contributed by atoms with van der Waals surface area (Å²) in [5, 5.41) is 0. The van der Waals surface area contributed by atoms with E-state index < -0.39 is 41.9 Å². The highest BCUT2D eigenvalue weighted by molar-refractivity contribution is 5.41. The van der Waals surface area contributed by atoms with Gasteiger partial charge in [-0.05, 0) is 82.8 Å². The number of ether oxygens (including phenoxy) is 3. The highest BCUT2D eigenvalue weighted by atomic mass is 19.3. The van der Waals surface area contributed by atoms with Crippen LogP contribution in [0.3, 0.4) is 0 Å². The summed E-state index contributed by atoms with van der Waals surface area (Å²) in [6.07, 6.45) is 0.957. The highest BCUT2D eigenvalue weighted by Gasteiger charge is 2.45. The van der Waals surface area contributed by atoms with Gasteiger partial charge in [-0.2, -0.15) is 8.78 Å². The highest BCUT2D eigenvalue weighted by Crippen LogP contribution is 2.46. The molecule has 0 radical (unpaired) electrons. The molecule has 3 nitrogen and oxygen atoms in total. The number of hydrogen-bond acceptors (Lipinski definition) is 3. The van der Waals surface area contributed by atoms with Crippen molar-refractivity contribution < 1.29 is 36.2 Å². The van der Waals surface area contributed by atoms with Crippen molar-refractivity contribution in [3.05, 3.63) is 41.2 Å². The fourth-order valence-corrected chi connectivity index (χ4v) is 5.00. The molecular weight excluding hydrogens is 455 g/mol. The van der Waals surface area contributed by atoms with Gasteiger partial charge in [-0.1, -0.05) is 18.2 Å². The Morgan fingerprint density at radius 3 is 2.44 bits per heavy atom. The van der Waals surface area contributed by atoms with Gasteiger partial charge in [0.05, 0.1) is 36.9 Å². The average molecular weight is 491 g/mol. The zero-order chi connectivity index (χ0) is 24.7. The van der Waals surface area contributed by atoms with Crippen LogP contribution in [0.2, 0.25) is 0 Å². The zero-order valence-electron chi connectivity index (χ0n) is 19.9. The van der Waals surface area contributed by atoms with Crippen LogP contribution in [-0.4, -0.2) is 31.5 Å². The van der Waals surface area contributed by atoms with E-state index in [1.165, 1.54) is 12.1 Å². The molecule has 2 aliphatic rings. The van der Waals surface area contributed by atoms with E-state index in [-0.39, 0.29) is 56.3 Å². The molecule has 192 valence electrons. The first-order chi connectivity index (χ1) is 16.3. The van der Waals surface area contributed by atoms with Gasteiger partial charge in [0, 0.05) is 0 Å². The van der Waals surface area contributed by atoms with Crippen LogP contribution in [0.5, 0.6) is 5.75 Å². The van der Waals surface area contributed by atoms with E-state index in [1.54, 1.807) is 6.92 Å². The molecule has 1 aliphatic heterocycles. The summed E-state index contributed by atoms with van der Waals surface area (Å²) in [6, 6.07) is 2.79. The monoisotopic (exact) mass is 490 g/mol. The van der Waals surface area contributed by atoms with Crippen molar-refractivity contribution in [2.45, 2.75) is 95.9 Å². The van der Waals surface area contributed by atoms with Crippen LogP contribution in [0.4, 0.5) is 22.0 Å². The Balaban J connectivity index is 1.54. The fourth-order valence-electron chi connectivity index (χ4n) is 5.00. The minimum atomic E-state index is -3.30. The SMILES string of the molecule is C/C=C/CCC1CCC(OC(F)(F)C2CCC(c3ccc(OCC)c(C(F)F)c3F)CC2)CO1. The van der Waals surface area contributed by atoms with Crippen molar-refractivity contribution in [1.29, 1.82) is 0 Å². The minimum Gasteiger partial charge on any atom is -0.493 e. The molecule has 1 aliphatic carbocycles. The molecule has 1 heterocycles. The van der Waals surface area contributed by atoms with Crippen molar-refractivity contribution in [3.8, 4) is 5.75 Å². The third-order valence-electron chi connectivity index (χ3n) is 6.87. The largest absolute Gasteiger partial charge is 0.493 e. The molecule has 0 bridgehead atoms. The predicted octanol–water partition coefficient (Wildman–Crippen LogP) is 7.95. The molecule has 0 spiro atoms. The molecule has 2 unspecified atom stereocenters. The lowest BCUT2D eigenvalue weighted by Gasteiger charge is -2.37. The molecule has 2 atom stereocenters. The second-order valence-electron chi connectivity index (χ2n) is 9.14. The maximum Gasteiger partial charge on any atom is 0.358 e. The Hall–Kier alpha value is -1.67. The summed E-state index contributed by atoms with van der Waals surface area (Å²) >= 11 is 0. The van der Waals surface area contributed by atoms with Crippen LogP contribution in [-0.2, 0) is 9.47 Å². The first-order valence-corrected chi connectivity index (χ1v) is 12.3. The van der Waals surface area contributed by atoms with Gasteiger partial charge in [-0.3, -0.25) is 0 Å². The number of allylic oxidation sites excluding steroid dienone is 2. The predicted molar refractivity (Wildman–Crippen MR) is 120 cm³/mol. The number of benzene rings is 1. The molecule has 34 heavy (non-hydrogen) atoms. The third kappa shape index (κ3) is 6.72. The van der Waals surface area contributed by atoms with E-state index in [2.05, 4.69) is 6.08 Å². The van der Waals surface area contributed by atoms with Crippen LogP contribution in [0.15, 0.2) is 24.3 Å². The molecule has 2 fully saturated rings. The fraction of sp³-hybridized carbons (Fsp3) is 0.692. The van der Waals surface area contributed by atoms with Gasteiger partial charge >= 0.3 is 6.11 Å². The van der Waals surface area contributed by atoms with Crippen molar-refractivity contribution in [2.24, 2.45) is 5.92 Å². The molecule has 1 aromatic carbocycles. The normalized spacial score (nSPS) is 26.4.